The fraction of sp³-hybridized carbons (Fsp3) is 0.320. The van der Waals surface area contributed by atoms with Crippen molar-refractivity contribution in [1.29, 1.82) is 0 Å². The number of allylic oxidation sites excluding steroid dienone is 2. The SMILES string of the molecule is C=NC(=NC1CCC(NCc2cccc(-c3cccs3)n2)CC1)NC(=C\C)/C=C1\SC(=O)NC1=O. The van der Waals surface area contributed by atoms with E-state index in [4.69, 9.17) is 9.98 Å². The molecule has 182 valence electrons. The number of rotatable bonds is 7. The second kappa shape index (κ2) is 12.1. The Balaban J connectivity index is 1.27. The van der Waals surface area contributed by atoms with Crippen molar-refractivity contribution >= 4 is 46.9 Å². The number of aliphatic imine (C=N–C) groups is 2. The largest absolute Gasteiger partial charge is 0.325 e. The highest BCUT2D eigenvalue weighted by molar-refractivity contribution is 8.18. The monoisotopic (exact) mass is 508 g/mol. The van der Waals surface area contributed by atoms with Crippen LogP contribution in [-0.4, -0.2) is 40.9 Å². The van der Waals surface area contributed by atoms with Crippen molar-refractivity contribution in [2.75, 3.05) is 0 Å². The van der Waals surface area contributed by atoms with Crippen LogP contribution in [0, 0.1) is 0 Å². The van der Waals surface area contributed by atoms with Gasteiger partial charge in [-0.05, 0) is 80.7 Å². The molecule has 2 fully saturated rings. The second-order valence-electron chi connectivity index (χ2n) is 8.21. The average Bonchev–Trinajstić information content (AvgIpc) is 3.52. The van der Waals surface area contributed by atoms with E-state index >= 15 is 0 Å². The molecule has 10 heteroatoms. The molecule has 0 radical (unpaired) electrons. The Kier molecular flexibility index (Phi) is 8.62. The van der Waals surface area contributed by atoms with Gasteiger partial charge in [0, 0.05) is 18.3 Å². The van der Waals surface area contributed by atoms with Crippen LogP contribution >= 0.6 is 23.1 Å². The van der Waals surface area contributed by atoms with Crippen LogP contribution in [-0.2, 0) is 11.3 Å². The minimum Gasteiger partial charge on any atom is -0.325 e. The van der Waals surface area contributed by atoms with Gasteiger partial charge in [-0.25, -0.2) is 9.98 Å². The number of thiophene rings is 1. The lowest BCUT2D eigenvalue weighted by atomic mass is 9.91. The number of pyridine rings is 1. The van der Waals surface area contributed by atoms with E-state index in [1.807, 2.05) is 19.1 Å². The van der Waals surface area contributed by atoms with E-state index in [0.29, 0.717) is 22.6 Å². The molecular weight excluding hydrogens is 480 g/mol. The zero-order valence-electron chi connectivity index (χ0n) is 19.5. The number of carbonyl (C=O) groups excluding carboxylic acids is 2. The Morgan fingerprint density at radius 3 is 2.71 bits per heavy atom. The maximum atomic E-state index is 11.8. The van der Waals surface area contributed by atoms with E-state index in [0.717, 1.165) is 55.4 Å². The molecule has 2 amide bonds. The summed E-state index contributed by atoms with van der Waals surface area (Å²) in [5.74, 6) is 0.0150. The van der Waals surface area contributed by atoms with Crippen LogP contribution in [0.4, 0.5) is 4.79 Å². The van der Waals surface area contributed by atoms with E-state index in [1.54, 1.807) is 23.5 Å². The minimum atomic E-state index is -0.398. The number of thioether (sulfide) groups is 1. The standard InChI is InChI=1S/C25H28N6O2S2/c1-3-16(14-22-23(32)31-25(33)35-22)29-24(26-2)30-18-11-9-17(10-12-18)27-15-19-6-4-7-20(28-19)21-8-5-13-34-21/h3-8,13-14,17-18,27H,2,9-12,15H2,1H3,(H,29,30)(H,31,32,33)/b16-3-,22-14-. The van der Waals surface area contributed by atoms with Gasteiger partial charge >= 0.3 is 0 Å². The number of hydrogen-bond acceptors (Lipinski definition) is 7. The Morgan fingerprint density at radius 2 is 2.06 bits per heavy atom. The highest BCUT2D eigenvalue weighted by Gasteiger charge is 2.25. The number of imide groups is 1. The van der Waals surface area contributed by atoms with Crippen molar-refractivity contribution < 1.29 is 9.59 Å². The summed E-state index contributed by atoms with van der Waals surface area (Å²) in [4.78, 5) is 38.2. The molecule has 2 aliphatic rings. The summed E-state index contributed by atoms with van der Waals surface area (Å²) in [5, 5.41) is 10.7. The number of carbonyl (C=O) groups is 2. The molecule has 2 aromatic rings. The van der Waals surface area contributed by atoms with Gasteiger partial charge in [0.1, 0.15) is 0 Å². The first-order valence-electron chi connectivity index (χ1n) is 11.5. The van der Waals surface area contributed by atoms with Crippen molar-refractivity contribution in [2.24, 2.45) is 9.98 Å². The molecule has 0 bridgehead atoms. The van der Waals surface area contributed by atoms with E-state index < -0.39 is 5.91 Å². The fourth-order valence-electron chi connectivity index (χ4n) is 3.97. The van der Waals surface area contributed by atoms with Crippen LogP contribution in [0.25, 0.3) is 10.6 Å². The summed E-state index contributed by atoms with van der Waals surface area (Å²) in [6, 6.07) is 10.9. The third-order valence-corrected chi connectivity index (χ3v) is 7.50. The van der Waals surface area contributed by atoms with Gasteiger partial charge in [-0.3, -0.25) is 19.9 Å². The summed E-state index contributed by atoms with van der Waals surface area (Å²) in [6.07, 6.45) is 7.34. The van der Waals surface area contributed by atoms with Crippen molar-refractivity contribution in [3.8, 4) is 10.6 Å². The smallest absolute Gasteiger partial charge is 0.290 e. The molecule has 35 heavy (non-hydrogen) atoms. The number of hydrogen-bond donors (Lipinski definition) is 3. The lowest BCUT2D eigenvalue weighted by molar-refractivity contribution is -0.115. The van der Waals surface area contributed by atoms with E-state index in [-0.39, 0.29) is 11.3 Å². The van der Waals surface area contributed by atoms with Crippen LogP contribution in [0.2, 0.25) is 0 Å². The molecule has 3 heterocycles. The normalized spacial score (nSPS) is 22.4. The number of nitrogens with one attached hydrogen (secondary N) is 3. The molecular formula is C25H28N6O2S2. The maximum absolute atomic E-state index is 11.8. The molecule has 0 aromatic carbocycles. The van der Waals surface area contributed by atoms with Gasteiger partial charge in [-0.15, -0.1) is 11.3 Å². The molecule has 3 N–H and O–H groups in total. The predicted molar refractivity (Wildman–Crippen MR) is 144 cm³/mol. The Morgan fingerprint density at radius 1 is 1.23 bits per heavy atom. The molecule has 1 aliphatic heterocycles. The lowest BCUT2D eigenvalue weighted by Gasteiger charge is -2.27. The van der Waals surface area contributed by atoms with E-state index in [1.165, 1.54) is 4.88 Å². The summed E-state index contributed by atoms with van der Waals surface area (Å²) >= 11 is 2.57. The van der Waals surface area contributed by atoms with Crippen LogP contribution in [0.3, 0.4) is 0 Å². The maximum Gasteiger partial charge on any atom is 0.290 e. The third kappa shape index (κ3) is 6.97. The van der Waals surface area contributed by atoms with Gasteiger partial charge < -0.3 is 10.6 Å². The Bertz CT molecular complexity index is 1160. The molecule has 0 unspecified atom stereocenters. The summed E-state index contributed by atoms with van der Waals surface area (Å²) in [7, 11) is 0. The minimum absolute atomic E-state index is 0.151. The molecule has 0 spiro atoms. The summed E-state index contributed by atoms with van der Waals surface area (Å²) in [6.45, 7) is 6.20. The first kappa shape index (κ1) is 25.0. The average molecular weight is 509 g/mol. The van der Waals surface area contributed by atoms with Gasteiger partial charge in [0.25, 0.3) is 11.1 Å². The molecule has 2 aromatic heterocycles. The van der Waals surface area contributed by atoms with Gasteiger partial charge in [0.15, 0.2) is 0 Å². The third-order valence-electron chi connectivity index (χ3n) is 5.80. The van der Waals surface area contributed by atoms with Crippen molar-refractivity contribution in [3.05, 3.63) is 64.2 Å². The molecule has 4 rings (SSSR count). The number of aromatic nitrogens is 1. The number of nitrogens with zero attached hydrogens (tertiary/aromatic N) is 3. The molecule has 8 nitrogen and oxygen atoms in total. The van der Waals surface area contributed by atoms with Gasteiger partial charge in [0.05, 0.1) is 27.2 Å². The topological polar surface area (TPSA) is 108 Å². The molecule has 1 saturated heterocycles. The summed E-state index contributed by atoms with van der Waals surface area (Å²) in [5.41, 5.74) is 2.70. The van der Waals surface area contributed by atoms with Crippen molar-refractivity contribution in [1.82, 2.24) is 20.9 Å². The quantitative estimate of drug-likeness (QED) is 0.286. The van der Waals surface area contributed by atoms with E-state index in [9.17, 15) is 9.59 Å². The fourth-order valence-corrected chi connectivity index (χ4v) is 5.33. The first-order chi connectivity index (χ1) is 17.0. The number of amides is 2. The van der Waals surface area contributed by atoms with Crippen LogP contribution in [0.1, 0.15) is 38.3 Å². The second-order valence-corrected chi connectivity index (χ2v) is 10.2. The lowest BCUT2D eigenvalue weighted by Crippen LogP contribution is -2.34. The van der Waals surface area contributed by atoms with Crippen LogP contribution in [0.5, 0.6) is 0 Å². The Labute approximate surface area is 213 Å². The number of guanidine groups is 1. The molecule has 0 atom stereocenters. The molecule has 1 saturated carbocycles. The van der Waals surface area contributed by atoms with Crippen LogP contribution < -0.4 is 16.0 Å². The van der Waals surface area contributed by atoms with E-state index in [2.05, 4.69) is 51.2 Å². The highest BCUT2D eigenvalue weighted by atomic mass is 32.2. The van der Waals surface area contributed by atoms with Crippen molar-refractivity contribution in [2.45, 2.75) is 51.2 Å². The van der Waals surface area contributed by atoms with Gasteiger partial charge in [-0.1, -0.05) is 18.2 Å². The zero-order chi connectivity index (χ0) is 24.6. The molecule has 1 aliphatic carbocycles. The van der Waals surface area contributed by atoms with Crippen LogP contribution in [0.15, 0.2) is 68.5 Å². The Hall–Kier alpha value is -3.08. The highest BCUT2D eigenvalue weighted by Crippen LogP contribution is 2.25. The van der Waals surface area contributed by atoms with Gasteiger partial charge in [0.2, 0.25) is 5.96 Å². The van der Waals surface area contributed by atoms with Gasteiger partial charge in [-0.2, -0.15) is 0 Å². The zero-order valence-corrected chi connectivity index (χ0v) is 21.1. The van der Waals surface area contributed by atoms with Crippen molar-refractivity contribution in [3.63, 3.8) is 0 Å². The first-order valence-corrected chi connectivity index (χ1v) is 13.2. The summed E-state index contributed by atoms with van der Waals surface area (Å²) < 4.78 is 0. The predicted octanol–water partition coefficient (Wildman–Crippen LogP) is 4.63.